The zero-order chi connectivity index (χ0) is 12.1. The molecule has 0 atom stereocenters. The number of nitro benzene ring substituents is 1. The van der Waals surface area contributed by atoms with Gasteiger partial charge >= 0.3 is 6.09 Å². The highest BCUT2D eigenvalue weighted by Crippen LogP contribution is 2.19. The third-order valence-corrected chi connectivity index (χ3v) is 2.01. The van der Waals surface area contributed by atoms with Crippen LogP contribution in [0, 0.1) is 10.1 Å². The lowest BCUT2D eigenvalue weighted by Gasteiger charge is -2.04. The first-order chi connectivity index (χ1) is 7.54. The first-order valence-electron chi connectivity index (χ1n) is 4.47. The Morgan fingerprint density at radius 2 is 2.25 bits per heavy atom. The molecule has 1 aromatic rings. The second-order valence-electron chi connectivity index (χ2n) is 3.08. The molecular weight excluding hydrogens is 214 g/mol. The number of hydrogen-bond donors (Lipinski definition) is 3. The van der Waals surface area contributed by atoms with Crippen LogP contribution in [0.2, 0.25) is 0 Å². The molecule has 1 amide bonds. The van der Waals surface area contributed by atoms with Gasteiger partial charge in [0.1, 0.15) is 0 Å². The van der Waals surface area contributed by atoms with E-state index in [0.717, 1.165) is 0 Å². The van der Waals surface area contributed by atoms with Gasteiger partial charge in [0.15, 0.2) is 0 Å². The molecule has 0 bridgehead atoms. The second-order valence-corrected chi connectivity index (χ2v) is 3.08. The molecule has 0 aliphatic heterocycles. The Hall–Kier alpha value is -2.15. The Kier molecular flexibility index (Phi) is 3.78. The van der Waals surface area contributed by atoms with Crippen LogP contribution in [-0.2, 0) is 13.1 Å². The first kappa shape index (κ1) is 11.9. The van der Waals surface area contributed by atoms with E-state index in [-0.39, 0.29) is 18.8 Å². The van der Waals surface area contributed by atoms with Gasteiger partial charge < -0.3 is 16.2 Å². The Labute approximate surface area is 91.0 Å². The SMILES string of the molecule is NCc1ccc(CNC(=O)O)cc1[N+](=O)[O-]. The molecule has 0 aliphatic carbocycles. The van der Waals surface area contributed by atoms with Crippen LogP contribution in [0.1, 0.15) is 11.1 Å². The van der Waals surface area contributed by atoms with E-state index in [2.05, 4.69) is 5.32 Å². The van der Waals surface area contributed by atoms with Crippen LogP contribution in [0.5, 0.6) is 0 Å². The van der Waals surface area contributed by atoms with Crippen molar-refractivity contribution in [2.45, 2.75) is 13.1 Å². The van der Waals surface area contributed by atoms with Crippen molar-refractivity contribution in [2.75, 3.05) is 0 Å². The molecule has 0 heterocycles. The molecule has 4 N–H and O–H groups in total. The molecule has 7 nitrogen and oxygen atoms in total. The number of nitrogens with one attached hydrogen (secondary N) is 1. The number of carboxylic acid groups (broad SMARTS) is 1. The van der Waals surface area contributed by atoms with E-state index in [1.165, 1.54) is 12.1 Å². The van der Waals surface area contributed by atoms with Gasteiger partial charge in [-0.3, -0.25) is 10.1 Å². The van der Waals surface area contributed by atoms with E-state index in [4.69, 9.17) is 10.8 Å². The minimum Gasteiger partial charge on any atom is -0.465 e. The summed E-state index contributed by atoms with van der Waals surface area (Å²) in [5.74, 6) is 0. The Bertz CT molecular complexity index is 419. The van der Waals surface area contributed by atoms with Crippen LogP contribution >= 0.6 is 0 Å². The molecule has 1 rings (SSSR count). The molecule has 7 heteroatoms. The maximum absolute atomic E-state index is 10.7. The van der Waals surface area contributed by atoms with E-state index < -0.39 is 11.0 Å². The van der Waals surface area contributed by atoms with Crippen molar-refractivity contribution >= 4 is 11.8 Å². The summed E-state index contributed by atoms with van der Waals surface area (Å²) in [6.45, 7) is 0.101. The van der Waals surface area contributed by atoms with E-state index in [9.17, 15) is 14.9 Å². The highest BCUT2D eigenvalue weighted by atomic mass is 16.6. The average Bonchev–Trinajstić information content (AvgIpc) is 2.25. The summed E-state index contributed by atoms with van der Waals surface area (Å²) in [7, 11) is 0. The summed E-state index contributed by atoms with van der Waals surface area (Å²) in [4.78, 5) is 20.4. The largest absolute Gasteiger partial charge is 0.465 e. The number of amides is 1. The third kappa shape index (κ3) is 2.92. The predicted molar refractivity (Wildman–Crippen MR) is 55.9 cm³/mol. The Balaban J connectivity index is 2.93. The number of benzene rings is 1. The molecule has 0 saturated heterocycles. The third-order valence-electron chi connectivity index (χ3n) is 2.01. The number of carbonyl (C=O) groups is 1. The van der Waals surface area contributed by atoms with Crippen molar-refractivity contribution in [3.8, 4) is 0 Å². The van der Waals surface area contributed by atoms with Gasteiger partial charge in [0.05, 0.1) is 4.92 Å². The van der Waals surface area contributed by atoms with Gasteiger partial charge in [0, 0.05) is 24.7 Å². The highest BCUT2D eigenvalue weighted by Gasteiger charge is 2.13. The van der Waals surface area contributed by atoms with E-state index >= 15 is 0 Å². The van der Waals surface area contributed by atoms with Gasteiger partial charge in [0.2, 0.25) is 0 Å². The van der Waals surface area contributed by atoms with Crippen molar-refractivity contribution in [3.05, 3.63) is 39.4 Å². The number of rotatable bonds is 4. The van der Waals surface area contributed by atoms with Crippen LogP contribution < -0.4 is 11.1 Å². The number of nitro groups is 1. The van der Waals surface area contributed by atoms with Gasteiger partial charge in [-0.05, 0) is 5.56 Å². The van der Waals surface area contributed by atoms with Crippen molar-refractivity contribution < 1.29 is 14.8 Å². The predicted octanol–water partition coefficient (Wildman–Crippen LogP) is 0.821. The van der Waals surface area contributed by atoms with Crippen LogP contribution in [-0.4, -0.2) is 16.1 Å². The second kappa shape index (κ2) is 5.08. The molecule has 86 valence electrons. The highest BCUT2D eigenvalue weighted by molar-refractivity contribution is 5.64. The Morgan fingerprint density at radius 3 is 2.75 bits per heavy atom. The fraction of sp³-hybridized carbons (Fsp3) is 0.222. The van der Waals surface area contributed by atoms with Crippen molar-refractivity contribution in [1.82, 2.24) is 5.32 Å². The molecule has 0 aromatic heterocycles. The summed E-state index contributed by atoms with van der Waals surface area (Å²) in [6, 6.07) is 4.44. The molecule has 16 heavy (non-hydrogen) atoms. The standard InChI is InChI=1S/C9H11N3O4/c10-4-7-2-1-6(5-11-9(13)14)3-8(7)12(15)16/h1-3,11H,4-5,10H2,(H,13,14). The van der Waals surface area contributed by atoms with Gasteiger partial charge in [-0.15, -0.1) is 0 Å². The number of nitrogens with zero attached hydrogens (tertiary/aromatic N) is 1. The van der Waals surface area contributed by atoms with Crippen molar-refractivity contribution in [3.63, 3.8) is 0 Å². The molecule has 0 fully saturated rings. The molecule has 0 radical (unpaired) electrons. The van der Waals surface area contributed by atoms with Crippen molar-refractivity contribution in [1.29, 1.82) is 0 Å². The maximum Gasteiger partial charge on any atom is 0.404 e. The topological polar surface area (TPSA) is 118 Å². The number of nitrogens with two attached hydrogens (primary N) is 1. The van der Waals surface area contributed by atoms with Gasteiger partial charge in [-0.25, -0.2) is 4.79 Å². The van der Waals surface area contributed by atoms with Gasteiger partial charge in [0.25, 0.3) is 5.69 Å². The van der Waals surface area contributed by atoms with Gasteiger partial charge in [-0.2, -0.15) is 0 Å². The van der Waals surface area contributed by atoms with E-state index in [1.807, 2.05) is 0 Å². The fourth-order valence-electron chi connectivity index (χ4n) is 1.24. The normalized spacial score (nSPS) is 9.81. The summed E-state index contributed by atoms with van der Waals surface area (Å²) < 4.78 is 0. The average molecular weight is 225 g/mol. The summed E-state index contributed by atoms with van der Waals surface area (Å²) in [6.07, 6.45) is -1.18. The minimum atomic E-state index is -1.18. The smallest absolute Gasteiger partial charge is 0.404 e. The first-order valence-corrected chi connectivity index (χ1v) is 4.47. The lowest BCUT2D eigenvalue weighted by Crippen LogP contribution is -2.20. The molecule has 0 unspecified atom stereocenters. The van der Waals surface area contributed by atoms with Crippen molar-refractivity contribution in [2.24, 2.45) is 5.73 Å². The lowest BCUT2D eigenvalue weighted by atomic mass is 10.1. The zero-order valence-corrected chi connectivity index (χ0v) is 8.34. The quantitative estimate of drug-likeness (QED) is 0.517. The molecular formula is C9H11N3O4. The van der Waals surface area contributed by atoms with Gasteiger partial charge in [-0.1, -0.05) is 12.1 Å². The summed E-state index contributed by atoms with van der Waals surface area (Å²) >= 11 is 0. The zero-order valence-electron chi connectivity index (χ0n) is 8.34. The molecule has 0 saturated carbocycles. The van der Waals surface area contributed by atoms with E-state index in [0.29, 0.717) is 11.1 Å². The summed E-state index contributed by atoms with van der Waals surface area (Å²) in [5.41, 5.74) is 6.20. The Morgan fingerprint density at radius 1 is 1.56 bits per heavy atom. The molecule has 1 aromatic carbocycles. The van der Waals surface area contributed by atoms with Crippen LogP contribution in [0.15, 0.2) is 18.2 Å². The molecule has 0 spiro atoms. The minimum absolute atomic E-state index is 0.0288. The van der Waals surface area contributed by atoms with Crippen LogP contribution in [0.4, 0.5) is 10.5 Å². The monoisotopic (exact) mass is 225 g/mol. The van der Waals surface area contributed by atoms with Crippen LogP contribution in [0.3, 0.4) is 0 Å². The van der Waals surface area contributed by atoms with Crippen LogP contribution in [0.25, 0.3) is 0 Å². The molecule has 0 aliphatic rings. The van der Waals surface area contributed by atoms with E-state index in [1.54, 1.807) is 6.07 Å². The summed E-state index contributed by atoms with van der Waals surface area (Å²) in [5, 5.41) is 21.2. The number of hydrogen-bond acceptors (Lipinski definition) is 4. The fourth-order valence-corrected chi connectivity index (χ4v) is 1.24. The lowest BCUT2D eigenvalue weighted by molar-refractivity contribution is -0.385. The maximum atomic E-state index is 10.7.